The number of rotatable bonds is 6. The van der Waals surface area contributed by atoms with Gasteiger partial charge in [-0.25, -0.2) is 0 Å². The first-order chi connectivity index (χ1) is 11.3. The van der Waals surface area contributed by atoms with Gasteiger partial charge in [0.2, 0.25) is 5.91 Å². The summed E-state index contributed by atoms with van der Waals surface area (Å²) in [5.74, 6) is 0.262. The number of anilines is 1. The maximum Gasteiger partial charge on any atom is 0.223 e. The minimum absolute atomic E-state index is 0.262. The van der Waals surface area contributed by atoms with Gasteiger partial charge in [-0.2, -0.15) is 0 Å². The smallest absolute Gasteiger partial charge is 0.223 e. The third-order valence-electron chi connectivity index (χ3n) is 4.67. The van der Waals surface area contributed by atoms with Crippen molar-refractivity contribution in [2.45, 2.75) is 25.4 Å². The van der Waals surface area contributed by atoms with Crippen LogP contribution in [0.5, 0.6) is 0 Å². The lowest BCUT2D eigenvalue weighted by molar-refractivity contribution is -0.131. The van der Waals surface area contributed by atoms with Gasteiger partial charge < -0.3 is 19.9 Å². The molecule has 2 aliphatic heterocycles. The highest BCUT2D eigenvalue weighted by molar-refractivity contribution is 5.76. The van der Waals surface area contributed by atoms with E-state index in [-0.39, 0.29) is 5.91 Å². The zero-order valence-corrected chi connectivity index (χ0v) is 13.7. The number of hydrogen-bond donors (Lipinski definition) is 1. The van der Waals surface area contributed by atoms with E-state index < -0.39 is 0 Å². The molecule has 5 nitrogen and oxygen atoms in total. The van der Waals surface area contributed by atoms with Crippen molar-refractivity contribution in [3.05, 3.63) is 30.3 Å². The molecule has 2 heterocycles. The second-order valence-corrected chi connectivity index (χ2v) is 6.29. The summed E-state index contributed by atoms with van der Waals surface area (Å²) in [6, 6.07) is 10.4. The fourth-order valence-electron chi connectivity index (χ4n) is 3.27. The van der Waals surface area contributed by atoms with Crippen LogP contribution in [0.1, 0.15) is 19.3 Å². The Bertz CT molecular complexity index is 480. The molecule has 1 aromatic rings. The van der Waals surface area contributed by atoms with Crippen molar-refractivity contribution < 1.29 is 9.53 Å². The molecule has 1 N–H and O–H groups in total. The molecule has 23 heavy (non-hydrogen) atoms. The van der Waals surface area contributed by atoms with Gasteiger partial charge in [0.05, 0.1) is 6.10 Å². The van der Waals surface area contributed by atoms with Crippen molar-refractivity contribution in [2.75, 3.05) is 50.8 Å². The Balaban J connectivity index is 1.33. The molecule has 1 atom stereocenters. The zero-order valence-electron chi connectivity index (χ0n) is 13.7. The van der Waals surface area contributed by atoms with Crippen LogP contribution >= 0.6 is 0 Å². The first-order valence-corrected chi connectivity index (χ1v) is 8.73. The quantitative estimate of drug-likeness (QED) is 0.808. The summed E-state index contributed by atoms with van der Waals surface area (Å²) in [6.07, 6.45) is 3.23. The van der Waals surface area contributed by atoms with Gasteiger partial charge in [0.15, 0.2) is 0 Å². The third-order valence-corrected chi connectivity index (χ3v) is 4.67. The van der Waals surface area contributed by atoms with Gasteiger partial charge in [0, 0.05) is 58.0 Å². The predicted octanol–water partition coefficient (Wildman–Crippen LogP) is 1.49. The summed E-state index contributed by atoms with van der Waals surface area (Å²) < 4.78 is 5.57. The van der Waals surface area contributed by atoms with E-state index in [1.165, 1.54) is 5.69 Å². The van der Waals surface area contributed by atoms with Crippen LogP contribution in [0.25, 0.3) is 0 Å². The molecule has 0 spiro atoms. The molecule has 3 rings (SSSR count). The molecule has 0 radical (unpaired) electrons. The summed E-state index contributed by atoms with van der Waals surface area (Å²) in [5.41, 5.74) is 1.25. The van der Waals surface area contributed by atoms with E-state index in [0.717, 1.165) is 58.7 Å². The average molecular weight is 317 g/mol. The molecule has 2 fully saturated rings. The predicted molar refractivity (Wildman–Crippen MR) is 91.7 cm³/mol. The maximum absolute atomic E-state index is 12.3. The minimum atomic E-state index is 0.262. The Hall–Kier alpha value is -1.59. The summed E-state index contributed by atoms with van der Waals surface area (Å²) in [7, 11) is 0. The molecule has 1 aromatic carbocycles. The number of benzene rings is 1. The number of carbonyl (C=O) groups excluding carboxylic acids is 1. The van der Waals surface area contributed by atoms with E-state index in [4.69, 9.17) is 4.74 Å². The van der Waals surface area contributed by atoms with Gasteiger partial charge in [-0.3, -0.25) is 4.79 Å². The zero-order chi connectivity index (χ0) is 15.9. The molecule has 126 valence electrons. The number of nitrogens with one attached hydrogen (secondary N) is 1. The molecule has 5 heteroatoms. The Morgan fingerprint density at radius 2 is 1.96 bits per heavy atom. The van der Waals surface area contributed by atoms with Crippen LogP contribution in [0.2, 0.25) is 0 Å². The number of nitrogens with zero attached hydrogens (tertiary/aromatic N) is 2. The lowest BCUT2D eigenvalue weighted by atomic mass is 10.2. The van der Waals surface area contributed by atoms with E-state index in [1.54, 1.807) is 0 Å². The maximum atomic E-state index is 12.3. The van der Waals surface area contributed by atoms with Crippen molar-refractivity contribution in [2.24, 2.45) is 0 Å². The van der Waals surface area contributed by atoms with Crippen LogP contribution < -0.4 is 10.2 Å². The number of amides is 1. The van der Waals surface area contributed by atoms with Gasteiger partial charge in [-0.1, -0.05) is 18.2 Å². The third kappa shape index (κ3) is 4.69. The van der Waals surface area contributed by atoms with Gasteiger partial charge in [-0.15, -0.1) is 0 Å². The highest BCUT2D eigenvalue weighted by atomic mass is 16.5. The van der Waals surface area contributed by atoms with Crippen LogP contribution in [0.3, 0.4) is 0 Å². The van der Waals surface area contributed by atoms with Crippen molar-refractivity contribution >= 4 is 11.6 Å². The molecule has 0 bridgehead atoms. The van der Waals surface area contributed by atoms with Crippen LogP contribution in [-0.2, 0) is 9.53 Å². The van der Waals surface area contributed by atoms with E-state index in [9.17, 15) is 4.79 Å². The van der Waals surface area contributed by atoms with Gasteiger partial charge in [0.1, 0.15) is 0 Å². The number of carbonyl (C=O) groups is 1. The van der Waals surface area contributed by atoms with E-state index >= 15 is 0 Å². The first kappa shape index (κ1) is 16.3. The van der Waals surface area contributed by atoms with E-state index in [1.807, 2.05) is 11.0 Å². The largest absolute Gasteiger partial charge is 0.377 e. The molecule has 2 saturated heterocycles. The van der Waals surface area contributed by atoms with Crippen molar-refractivity contribution in [1.29, 1.82) is 0 Å². The SMILES string of the molecule is O=C(CCNCC1CCCO1)N1CCN(c2ccccc2)CC1. The lowest BCUT2D eigenvalue weighted by Crippen LogP contribution is -2.49. The van der Waals surface area contributed by atoms with Crippen molar-refractivity contribution in [3.8, 4) is 0 Å². The Morgan fingerprint density at radius 1 is 1.17 bits per heavy atom. The van der Waals surface area contributed by atoms with E-state index in [0.29, 0.717) is 12.5 Å². The highest BCUT2D eigenvalue weighted by Gasteiger charge is 2.21. The summed E-state index contributed by atoms with van der Waals surface area (Å²) in [5, 5.41) is 3.35. The fraction of sp³-hybridized carbons (Fsp3) is 0.611. The summed E-state index contributed by atoms with van der Waals surface area (Å²) in [4.78, 5) is 16.6. The Morgan fingerprint density at radius 3 is 2.65 bits per heavy atom. The molecule has 0 saturated carbocycles. The van der Waals surface area contributed by atoms with Gasteiger partial charge in [0.25, 0.3) is 0 Å². The summed E-state index contributed by atoms with van der Waals surface area (Å²) >= 11 is 0. The van der Waals surface area contributed by atoms with Crippen LogP contribution in [0.15, 0.2) is 30.3 Å². The number of hydrogen-bond acceptors (Lipinski definition) is 4. The lowest BCUT2D eigenvalue weighted by Gasteiger charge is -2.36. The second-order valence-electron chi connectivity index (χ2n) is 6.29. The molecular weight excluding hydrogens is 290 g/mol. The normalized spacial score (nSPS) is 21.7. The Kier molecular flexibility index (Phi) is 5.88. The van der Waals surface area contributed by atoms with Crippen LogP contribution in [-0.4, -0.2) is 62.8 Å². The molecule has 1 unspecified atom stereocenters. The average Bonchev–Trinajstić information content (AvgIpc) is 3.13. The van der Waals surface area contributed by atoms with Gasteiger partial charge >= 0.3 is 0 Å². The first-order valence-electron chi connectivity index (χ1n) is 8.73. The fourth-order valence-corrected chi connectivity index (χ4v) is 3.27. The molecule has 0 aromatic heterocycles. The highest BCUT2D eigenvalue weighted by Crippen LogP contribution is 2.15. The minimum Gasteiger partial charge on any atom is -0.377 e. The number of ether oxygens (including phenoxy) is 1. The van der Waals surface area contributed by atoms with Crippen LogP contribution in [0.4, 0.5) is 5.69 Å². The Labute approximate surface area is 138 Å². The molecular formula is C18H27N3O2. The standard InChI is InChI=1S/C18H27N3O2/c22-18(8-9-19-15-17-7-4-14-23-17)21-12-10-20(11-13-21)16-5-2-1-3-6-16/h1-3,5-6,17,19H,4,7-15H2. The molecule has 2 aliphatic rings. The molecule has 0 aliphatic carbocycles. The monoisotopic (exact) mass is 317 g/mol. The van der Waals surface area contributed by atoms with Crippen LogP contribution in [0, 0.1) is 0 Å². The second kappa shape index (κ2) is 8.31. The van der Waals surface area contributed by atoms with Crippen molar-refractivity contribution in [3.63, 3.8) is 0 Å². The summed E-state index contributed by atoms with van der Waals surface area (Å²) in [6.45, 7) is 5.97. The number of piperazine rings is 1. The number of para-hydroxylation sites is 1. The van der Waals surface area contributed by atoms with Crippen molar-refractivity contribution in [1.82, 2.24) is 10.2 Å². The topological polar surface area (TPSA) is 44.8 Å². The van der Waals surface area contributed by atoms with E-state index in [2.05, 4.69) is 34.5 Å². The van der Waals surface area contributed by atoms with Gasteiger partial charge in [-0.05, 0) is 25.0 Å². The molecule has 1 amide bonds.